The average Bonchev–Trinajstić information content (AvgIpc) is 2.08. The summed E-state index contributed by atoms with van der Waals surface area (Å²) in [4.78, 5) is 2.61. The molecule has 0 amide bonds. The summed E-state index contributed by atoms with van der Waals surface area (Å²) in [6.45, 7) is 3.56. The highest BCUT2D eigenvalue weighted by atomic mass is 15.6. The molecule has 0 aromatic carbocycles. The molecular formula is C6H9N. The van der Waals surface area contributed by atoms with E-state index in [1.165, 1.54) is 6.54 Å². The van der Waals surface area contributed by atoms with Crippen molar-refractivity contribution in [2.45, 2.75) is 30.8 Å². The molecule has 2 aliphatic carbocycles. The lowest BCUT2D eigenvalue weighted by Gasteiger charge is -2.22. The zero-order valence-electron chi connectivity index (χ0n) is 4.57. The van der Waals surface area contributed by atoms with Gasteiger partial charge in [-0.2, -0.15) is 0 Å². The molecule has 0 bridgehead atoms. The molecule has 0 atom stereocenters. The van der Waals surface area contributed by atoms with Gasteiger partial charge in [-0.15, -0.1) is 0 Å². The molecule has 3 aliphatic rings. The highest BCUT2D eigenvalue weighted by molar-refractivity contribution is 5.61. The van der Waals surface area contributed by atoms with Crippen molar-refractivity contribution >= 4 is 0 Å². The first-order valence-corrected chi connectivity index (χ1v) is 3.13. The van der Waals surface area contributed by atoms with Crippen LogP contribution in [-0.4, -0.2) is 22.5 Å². The van der Waals surface area contributed by atoms with E-state index in [9.17, 15) is 0 Å². The van der Waals surface area contributed by atoms with E-state index in [1.807, 2.05) is 0 Å². The third kappa shape index (κ3) is 0.111. The van der Waals surface area contributed by atoms with E-state index in [0.717, 1.165) is 11.1 Å². The lowest BCUT2D eigenvalue weighted by atomic mass is 10.2. The van der Waals surface area contributed by atoms with Crippen LogP contribution in [0.15, 0.2) is 0 Å². The Morgan fingerprint density at radius 2 is 2.00 bits per heavy atom. The largest absolute Gasteiger partial charge is 0.288 e. The standard InChI is InChI=1S/C6H9N/c1-2-7-5-3-6(5,7)4-5/h2-4H2,1H3. The topological polar surface area (TPSA) is 3.01 Å². The molecule has 1 heterocycles. The van der Waals surface area contributed by atoms with Crippen molar-refractivity contribution in [3.63, 3.8) is 0 Å². The Labute approximate surface area is 43.3 Å². The van der Waals surface area contributed by atoms with Crippen LogP contribution in [0, 0.1) is 0 Å². The first-order valence-electron chi connectivity index (χ1n) is 3.13. The predicted molar refractivity (Wildman–Crippen MR) is 27.1 cm³/mol. The van der Waals surface area contributed by atoms with Crippen molar-refractivity contribution in [3.05, 3.63) is 0 Å². The average molecular weight is 95.1 g/mol. The van der Waals surface area contributed by atoms with Gasteiger partial charge in [0.2, 0.25) is 0 Å². The second-order valence-corrected chi connectivity index (χ2v) is 3.16. The van der Waals surface area contributed by atoms with Gasteiger partial charge in [-0.25, -0.2) is 0 Å². The molecule has 3 fully saturated rings. The van der Waals surface area contributed by atoms with Crippen molar-refractivity contribution in [1.82, 2.24) is 4.90 Å². The van der Waals surface area contributed by atoms with E-state index in [4.69, 9.17) is 0 Å². The minimum atomic E-state index is 0.863. The maximum absolute atomic E-state index is 2.61. The number of nitrogens with zero attached hydrogens (tertiary/aromatic N) is 1. The molecule has 0 N–H and O–H groups in total. The maximum atomic E-state index is 2.61. The highest BCUT2D eigenvalue weighted by Crippen LogP contribution is 2.93. The molecule has 1 saturated heterocycles. The first kappa shape index (κ1) is 3.08. The molecule has 0 spiro atoms. The van der Waals surface area contributed by atoms with Gasteiger partial charge in [0.1, 0.15) is 0 Å². The SMILES string of the molecule is CCN1C23CC12C3. The van der Waals surface area contributed by atoms with Crippen LogP contribution in [0.1, 0.15) is 19.8 Å². The number of hydrogen-bond donors (Lipinski definition) is 0. The third-order valence-electron chi connectivity index (χ3n) is 3.09. The molecule has 1 nitrogen and oxygen atoms in total. The van der Waals surface area contributed by atoms with Gasteiger partial charge in [-0.1, -0.05) is 6.92 Å². The fraction of sp³-hybridized carbons (Fsp3) is 1.00. The van der Waals surface area contributed by atoms with E-state index in [0.29, 0.717) is 0 Å². The lowest BCUT2D eigenvalue weighted by Crippen LogP contribution is -2.29. The Hall–Kier alpha value is -0.0400. The molecule has 1 aliphatic heterocycles. The van der Waals surface area contributed by atoms with Crippen molar-refractivity contribution < 1.29 is 0 Å². The van der Waals surface area contributed by atoms with Gasteiger partial charge in [-0.3, -0.25) is 4.90 Å². The van der Waals surface area contributed by atoms with E-state index in [1.54, 1.807) is 12.8 Å². The third-order valence-corrected chi connectivity index (χ3v) is 3.09. The highest BCUT2D eigenvalue weighted by Gasteiger charge is 3.04. The van der Waals surface area contributed by atoms with Crippen LogP contribution >= 0.6 is 0 Å². The van der Waals surface area contributed by atoms with Gasteiger partial charge in [0, 0.05) is 11.1 Å². The normalized spacial score (nSPS) is 79.3. The van der Waals surface area contributed by atoms with Crippen molar-refractivity contribution in [2.75, 3.05) is 6.54 Å². The summed E-state index contributed by atoms with van der Waals surface area (Å²) >= 11 is 0. The molecule has 0 aromatic heterocycles. The second-order valence-electron chi connectivity index (χ2n) is 3.16. The van der Waals surface area contributed by atoms with Gasteiger partial charge >= 0.3 is 0 Å². The zero-order valence-corrected chi connectivity index (χ0v) is 4.57. The van der Waals surface area contributed by atoms with E-state index >= 15 is 0 Å². The Bertz CT molecular complexity index is 130. The van der Waals surface area contributed by atoms with Gasteiger partial charge in [0.05, 0.1) is 0 Å². The summed E-state index contributed by atoms with van der Waals surface area (Å²) in [5.74, 6) is 0. The summed E-state index contributed by atoms with van der Waals surface area (Å²) in [6, 6.07) is 0. The minimum Gasteiger partial charge on any atom is -0.288 e. The maximum Gasteiger partial charge on any atom is 0.0437 e. The summed E-state index contributed by atoms with van der Waals surface area (Å²) < 4.78 is 0. The van der Waals surface area contributed by atoms with E-state index in [-0.39, 0.29) is 0 Å². The molecule has 3 rings (SSSR count). The number of rotatable bonds is 1. The van der Waals surface area contributed by atoms with Crippen molar-refractivity contribution in [2.24, 2.45) is 0 Å². The van der Waals surface area contributed by atoms with Crippen molar-refractivity contribution in [1.29, 1.82) is 0 Å². The molecular weight excluding hydrogens is 86.1 g/mol. The lowest BCUT2D eigenvalue weighted by molar-refractivity contribution is 0.223. The number of hydrogen-bond acceptors (Lipinski definition) is 1. The molecule has 0 radical (unpaired) electrons. The van der Waals surface area contributed by atoms with E-state index < -0.39 is 0 Å². The Kier molecular flexibility index (Phi) is 0.200. The molecule has 2 saturated carbocycles. The Morgan fingerprint density at radius 1 is 1.43 bits per heavy atom. The fourth-order valence-electron chi connectivity index (χ4n) is 2.27. The summed E-state index contributed by atoms with van der Waals surface area (Å²) in [5.41, 5.74) is 1.73. The van der Waals surface area contributed by atoms with Crippen molar-refractivity contribution in [3.8, 4) is 0 Å². The van der Waals surface area contributed by atoms with Gasteiger partial charge < -0.3 is 0 Å². The Morgan fingerprint density at radius 3 is 2.00 bits per heavy atom. The van der Waals surface area contributed by atoms with Gasteiger partial charge in [-0.05, 0) is 19.4 Å². The van der Waals surface area contributed by atoms with Gasteiger partial charge in [0.15, 0.2) is 0 Å². The number of likely N-dealkylation sites (N-methyl/N-ethyl adjacent to an activating group) is 1. The minimum absolute atomic E-state index is 0.863. The zero-order chi connectivity index (χ0) is 4.70. The molecule has 7 heavy (non-hydrogen) atoms. The van der Waals surface area contributed by atoms with Gasteiger partial charge in [0.25, 0.3) is 0 Å². The molecule has 0 unspecified atom stereocenters. The Balaban J connectivity index is 1.96. The van der Waals surface area contributed by atoms with Crippen LogP contribution in [0.5, 0.6) is 0 Å². The van der Waals surface area contributed by atoms with Crippen LogP contribution in [0.3, 0.4) is 0 Å². The molecule has 0 aromatic rings. The van der Waals surface area contributed by atoms with E-state index in [2.05, 4.69) is 11.8 Å². The van der Waals surface area contributed by atoms with Crippen LogP contribution in [0.2, 0.25) is 0 Å². The van der Waals surface area contributed by atoms with Crippen LogP contribution in [-0.2, 0) is 0 Å². The smallest absolute Gasteiger partial charge is 0.0437 e. The molecule has 1 heteroatoms. The molecule has 38 valence electrons. The number of likely N-dealkylation sites (tertiary alicyclic amines) is 1. The quantitative estimate of drug-likeness (QED) is 0.431. The van der Waals surface area contributed by atoms with Crippen LogP contribution in [0.25, 0.3) is 0 Å². The second kappa shape index (κ2) is 0.455. The first-order chi connectivity index (χ1) is 3.36. The fourth-order valence-corrected chi connectivity index (χ4v) is 2.27. The summed E-state index contributed by atoms with van der Waals surface area (Å²) in [5, 5.41) is 0. The summed E-state index contributed by atoms with van der Waals surface area (Å²) in [6.07, 6.45) is 3.10. The monoisotopic (exact) mass is 95.1 g/mol. The van der Waals surface area contributed by atoms with Crippen LogP contribution < -0.4 is 0 Å². The predicted octanol–water partition coefficient (Wildman–Crippen LogP) is 0.607. The van der Waals surface area contributed by atoms with Crippen LogP contribution in [0.4, 0.5) is 0 Å². The summed E-state index contributed by atoms with van der Waals surface area (Å²) in [7, 11) is 0.